The van der Waals surface area contributed by atoms with Crippen molar-refractivity contribution in [1.29, 1.82) is 0 Å². The van der Waals surface area contributed by atoms with Crippen LogP contribution in [0.4, 0.5) is 11.4 Å². The monoisotopic (exact) mass is 430 g/mol. The molecule has 2 fully saturated rings. The number of carbonyl (C=O) groups is 2. The zero-order valence-corrected chi connectivity index (χ0v) is 17.6. The lowest BCUT2D eigenvalue weighted by molar-refractivity contribution is -0.126. The Balaban J connectivity index is 1.62. The number of para-hydroxylation sites is 2. The summed E-state index contributed by atoms with van der Waals surface area (Å²) in [7, 11) is 1.46. The van der Waals surface area contributed by atoms with E-state index in [-0.39, 0.29) is 17.4 Å². The predicted molar refractivity (Wildman–Crippen MR) is 118 cm³/mol. The van der Waals surface area contributed by atoms with Crippen LogP contribution in [0.1, 0.15) is 17.2 Å². The number of aromatic hydroxyl groups is 1. The highest BCUT2D eigenvalue weighted by Gasteiger charge is 2.60. The largest absolute Gasteiger partial charge is 0.504 e. The Bertz CT molecular complexity index is 1180. The van der Waals surface area contributed by atoms with Gasteiger partial charge in [-0.05, 0) is 37.3 Å². The molecule has 32 heavy (non-hydrogen) atoms. The summed E-state index contributed by atoms with van der Waals surface area (Å²) in [6.45, 7) is 1.94. The number of methoxy groups -OCH3 is 1. The van der Waals surface area contributed by atoms with Crippen molar-refractivity contribution in [3.05, 3.63) is 83.9 Å². The maximum atomic E-state index is 13.6. The van der Waals surface area contributed by atoms with Gasteiger partial charge in [-0.2, -0.15) is 0 Å². The van der Waals surface area contributed by atoms with Crippen LogP contribution in [-0.2, 0) is 14.4 Å². The normalized spacial score (nSPS) is 22.4. The lowest BCUT2D eigenvalue weighted by Crippen LogP contribution is -2.37. The maximum absolute atomic E-state index is 13.6. The molecule has 3 atom stereocenters. The average molecular weight is 430 g/mol. The van der Waals surface area contributed by atoms with Crippen LogP contribution in [0.5, 0.6) is 11.5 Å². The van der Waals surface area contributed by atoms with Gasteiger partial charge >= 0.3 is 0 Å². The number of ether oxygens (including phenoxy) is 1. The second-order valence-electron chi connectivity index (χ2n) is 7.90. The van der Waals surface area contributed by atoms with E-state index in [1.54, 1.807) is 35.4 Å². The summed E-state index contributed by atoms with van der Waals surface area (Å²) in [5.41, 5.74) is 2.66. The standard InChI is InChI=1S/C25H22N2O5/c1-15-11-13-16(14-12-15)26-24(29)20-21(18-9-6-10-19(31-2)22(18)28)27(32-23(20)25(26)30)17-7-4-3-5-8-17/h3-14,20-21,23,28H,1-2H3. The van der Waals surface area contributed by atoms with E-state index >= 15 is 0 Å². The number of aryl methyl sites for hydroxylation is 1. The molecule has 5 rings (SSSR count). The highest BCUT2D eigenvalue weighted by Crippen LogP contribution is 2.50. The van der Waals surface area contributed by atoms with Crippen LogP contribution < -0.4 is 14.7 Å². The second kappa shape index (κ2) is 7.69. The maximum Gasteiger partial charge on any atom is 0.266 e. The minimum atomic E-state index is -1.00. The van der Waals surface area contributed by atoms with Crippen LogP contribution >= 0.6 is 0 Å². The van der Waals surface area contributed by atoms with E-state index in [1.165, 1.54) is 12.0 Å². The van der Waals surface area contributed by atoms with Crippen molar-refractivity contribution in [3.8, 4) is 11.5 Å². The Morgan fingerprint density at radius 3 is 2.28 bits per heavy atom. The van der Waals surface area contributed by atoms with E-state index in [9.17, 15) is 14.7 Å². The molecule has 0 aliphatic carbocycles. The molecular weight excluding hydrogens is 408 g/mol. The van der Waals surface area contributed by atoms with Gasteiger partial charge in [0.15, 0.2) is 17.6 Å². The number of amides is 2. The fourth-order valence-corrected chi connectivity index (χ4v) is 4.42. The highest BCUT2D eigenvalue weighted by molar-refractivity contribution is 6.24. The smallest absolute Gasteiger partial charge is 0.266 e. The zero-order chi connectivity index (χ0) is 22.4. The molecule has 2 heterocycles. The van der Waals surface area contributed by atoms with Gasteiger partial charge in [0.05, 0.1) is 18.5 Å². The Morgan fingerprint density at radius 2 is 1.59 bits per heavy atom. The van der Waals surface area contributed by atoms with Crippen molar-refractivity contribution in [2.75, 3.05) is 17.1 Å². The lowest BCUT2D eigenvalue weighted by Gasteiger charge is -2.29. The number of imide groups is 1. The minimum Gasteiger partial charge on any atom is -0.504 e. The number of nitrogens with zero attached hydrogens (tertiary/aromatic N) is 2. The van der Waals surface area contributed by atoms with Gasteiger partial charge in [-0.25, -0.2) is 9.96 Å². The van der Waals surface area contributed by atoms with E-state index in [1.807, 2.05) is 49.4 Å². The van der Waals surface area contributed by atoms with Gasteiger partial charge < -0.3 is 9.84 Å². The summed E-state index contributed by atoms with van der Waals surface area (Å²) in [6, 6.07) is 20.8. The number of phenols is 1. The summed E-state index contributed by atoms with van der Waals surface area (Å²) in [6.07, 6.45) is -1.00. The van der Waals surface area contributed by atoms with Crippen molar-refractivity contribution >= 4 is 23.2 Å². The lowest BCUT2D eigenvalue weighted by atomic mass is 9.90. The number of benzene rings is 3. The molecule has 3 unspecified atom stereocenters. The molecule has 162 valence electrons. The van der Waals surface area contributed by atoms with Gasteiger partial charge in [-0.1, -0.05) is 48.0 Å². The number of carbonyl (C=O) groups excluding carboxylic acids is 2. The molecule has 3 aromatic carbocycles. The van der Waals surface area contributed by atoms with Gasteiger partial charge in [0.2, 0.25) is 5.91 Å². The van der Waals surface area contributed by atoms with Gasteiger partial charge in [0.1, 0.15) is 12.0 Å². The zero-order valence-electron chi connectivity index (χ0n) is 17.6. The molecule has 2 aliphatic heterocycles. The van der Waals surface area contributed by atoms with Crippen molar-refractivity contribution in [3.63, 3.8) is 0 Å². The van der Waals surface area contributed by atoms with Crippen LogP contribution in [-0.4, -0.2) is 30.1 Å². The number of hydrogen-bond acceptors (Lipinski definition) is 6. The first-order chi connectivity index (χ1) is 15.5. The summed E-state index contributed by atoms with van der Waals surface area (Å²) in [4.78, 5) is 34.2. The molecule has 2 aliphatic rings. The Hall–Kier alpha value is -3.84. The molecular formula is C25H22N2O5. The number of fused-ring (bicyclic) bond motifs is 1. The first-order valence-corrected chi connectivity index (χ1v) is 10.3. The molecule has 0 bridgehead atoms. The number of rotatable bonds is 4. The molecule has 0 spiro atoms. The van der Waals surface area contributed by atoms with Crippen LogP contribution in [0.2, 0.25) is 0 Å². The molecule has 0 radical (unpaired) electrons. The Morgan fingerprint density at radius 1 is 0.875 bits per heavy atom. The predicted octanol–water partition coefficient (Wildman–Crippen LogP) is 3.76. The fourth-order valence-electron chi connectivity index (χ4n) is 4.42. The molecule has 1 N–H and O–H groups in total. The van der Waals surface area contributed by atoms with Crippen LogP contribution in [0.15, 0.2) is 72.8 Å². The van der Waals surface area contributed by atoms with Crippen molar-refractivity contribution in [2.24, 2.45) is 5.92 Å². The molecule has 2 saturated heterocycles. The topological polar surface area (TPSA) is 79.3 Å². The first kappa shape index (κ1) is 20.1. The fraction of sp³-hybridized carbons (Fsp3) is 0.200. The molecule has 0 saturated carbocycles. The second-order valence-corrected chi connectivity index (χ2v) is 7.90. The molecule has 3 aromatic rings. The number of hydrogen-bond donors (Lipinski definition) is 1. The van der Waals surface area contributed by atoms with E-state index in [4.69, 9.17) is 9.57 Å². The van der Waals surface area contributed by atoms with E-state index in [2.05, 4.69) is 0 Å². The minimum absolute atomic E-state index is 0.0841. The van der Waals surface area contributed by atoms with Crippen LogP contribution in [0.3, 0.4) is 0 Å². The van der Waals surface area contributed by atoms with Gasteiger partial charge in [-0.15, -0.1) is 0 Å². The van der Waals surface area contributed by atoms with Crippen molar-refractivity contribution in [1.82, 2.24) is 0 Å². The van der Waals surface area contributed by atoms with E-state index in [0.717, 1.165) is 5.56 Å². The van der Waals surface area contributed by atoms with Crippen molar-refractivity contribution < 1.29 is 24.3 Å². The SMILES string of the molecule is COc1cccc(C2C3C(=O)N(c4ccc(C)cc4)C(=O)C3ON2c2ccccc2)c1O. The Labute approximate surface area is 185 Å². The molecule has 7 heteroatoms. The van der Waals surface area contributed by atoms with Gasteiger partial charge in [0.25, 0.3) is 5.91 Å². The summed E-state index contributed by atoms with van der Waals surface area (Å²) >= 11 is 0. The van der Waals surface area contributed by atoms with Gasteiger partial charge in [-0.3, -0.25) is 14.4 Å². The average Bonchev–Trinajstić information content (AvgIpc) is 3.31. The summed E-state index contributed by atoms with van der Waals surface area (Å²) < 4.78 is 5.28. The molecule has 7 nitrogen and oxygen atoms in total. The number of hydroxylamine groups is 1. The first-order valence-electron chi connectivity index (χ1n) is 10.3. The van der Waals surface area contributed by atoms with E-state index in [0.29, 0.717) is 16.9 Å². The third kappa shape index (κ3) is 3.01. The van der Waals surface area contributed by atoms with E-state index < -0.39 is 24.0 Å². The van der Waals surface area contributed by atoms with Crippen LogP contribution in [0.25, 0.3) is 0 Å². The summed E-state index contributed by atoms with van der Waals surface area (Å²) in [5, 5.41) is 12.4. The highest BCUT2D eigenvalue weighted by atomic mass is 16.7. The van der Waals surface area contributed by atoms with Crippen molar-refractivity contribution in [2.45, 2.75) is 19.1 Å². The summed E-state index contributed by atoms with van der Waals surface area (Å²) in [5.74, 6) is -1.42. The molecule has 2 amide bonds. The quantitative estimate of drug-likeness (QED) is 0.635. The third-order valence-corrected chi connectivity index (χ3v) is 5.99. The number of phenolic OH excluding ortho intramolecular Hbond substituents is 1. The van der Waals surface area contributed by atoms with Gasteiger partial charge in [0, 0.05) is 5.56 Å². The Kier molecular flexibility index (Phi) is 4.83. The third-order valence-electron chi connectivity index (χ3n) is 5.99. The molecule has 0 aromatic heterocycles. The number of anilines is 2. The van der Waals surface area contributed by atoms with Crippen LogP contribution in [0, 0.1) is 12.8 Å².